The van der Waals surface area contributed by atoms with E-state index in [9.17, 15) is 0 Å². The number of rotatable bonds is 5. The highest BCUT2D eigenvalue weighted by Gasteiger charge is 1.99. The number of nitrogen functional groups attached to an aromatic ring is 1. The van der Waals surface area contributed by atoms with Crippen LogP contribution in [-0.2, 0) is 0 Å². The highest BCUT2D eigenvalue weighted by atomic mass is 14.8. The summed E-state index contributed by atoms with van der Waals surface area (Å²) in [6, 6.07) is 8.27. The second-order valence-corrected chi connectivity index (χ2v) is 3.80. The molecule has 0 aliphatic carbocycles. The van der Waals surface area contributed by atoms with Crippen LogP contribution in [0.5, 0.6) is 0 Å². The maximum Gasteiger partial charge on any atom is 0.0497 e. The van der Waals surface area contributed by atoms with Gasteiger partial charge < -0.3 is 5.73 Å². The van der Waals surface area contributed by atoms with Crippen molar-refractivity contribution in [2.45, 2.75) is 39.2 Å². The zero-order valence-corrected chi connectivity index (χ0v) is 9.61. The Hall–Kier alpha value is -1.31. The lowest BCUT2D eigenvalue weighted by Crippen LogP contribution is -2.02. The highest BCUT2D eigenvalue weighted by Crippen LogP contribution is 2.07. The van der Waals surface area contributed by atoms with Gasteiger partial charge in [-0.2, -0.15) is 0 Å². The average Bonchev–Trinajstić information content (AvgIpc) is 2.26. The van der Waals surface area contributed by atoms with Gasteiger partial charge >= 0.3 is 0 Å². The molecule has 0 bridgehead atoms. The summed E-state index contributed by atoms with van der Waals surface area (Å²) in [5.41, 5.74) is 7.53. The zero-order chi connectivity index (χ0) is 11.1. The summed E-state index contributed by atoms with van der Waals surface area (Å²) in [6.07, 6.45) is 5.42. The van der Waals surface area contributed by atoms with Crippen molar-refractivity contribution in [2.75, 3.05) is 5.73 Å². The van der Waals surface area contributed by atoms with Crippen molar-refractivity contribution in [1.29, 1.82) is 0 Å². The first kappa shape index (κ1) is 11.8. The van der Waals surface area contributed by atoms with E-state index in [1.54, 1.807) is 0 Å². The Morgan fingerprint density at radius 2 is 1.93 bits per heavy atom. The quantitative estimate of drug-likeness (QED) is 0.580. The molecule has 0 aliphatic rings. The van der Waals surface area contributed by atoms with Gasteiger partial charge in [0.05, 0.1) is 0 Å². The lowest BCUT2D eigenvalue weighted by atomic mass is 10.1. The zero-order valence-electron chi connectivity index (χ0n) is 9.61. The fourth-order valence-corrected chi connectivity index (χ4v) is 1.49. The molecular weight excluding hydrogens is 184 g/mol. The van der Waals surface area contributed by atoms with E-state index in [-0.39, 0.29) is 0 Å². The van der Waals surface area contributed by atoms with Gasteiger partial charge in [0.25, 0.3) is 0 Å². The van der Waals surface area contributed by atoms with Crippen LogP contribution in [0.25, 0.3) is 0 Å². The van der Waals surface area contributed by atoms with E-state index in [0.717, 1.165) is 17.7 Å². The minimum atomic E-state index is 0.465. The lowest BCUT2D eigenvalue weighted by Gasteiger charge is -2.06. The summed E-state index contributed by atoms with van der Waals surface area (Å²) in [5, 5.41) is 0. The number of hydrogen-bond acceptors (Lipinski definition) is 2. The van der Waals surface area contributed by atoms with Gasteiger partial charge in [0.1, 0.15) is 0 Å². The number of nitrogens with zero attached hydrogens (tertiary/aromatic N) is 1. The molecule has 0 aliphatic heterocycles. The molecule has 2 nitrogen and oxygen atoms in total. The first-order valence-electron chi connectivity index (χ1n) is 5.65. The normalized spacial score (nSPS) is 13.2. The Morgan fingerprint density at radius 3 is 2.47 bits per heavy atom. The van der Waals surface area contributed by atoms with E-state index in [4.69, 9.17) is 5.73 Å². The molecule has 2 heteroatoms. The molecule has 0 saturated heterocycles. The van der Waals surface area contributed by atoms with Crippen LogP contribution in [0.15, 0.2) is 29.3 Å². The van der Waals surface area contributed by atoms with Crippen LogP contribution >= 0.6 is 0 Å². The van der Waals surface area contributed by atoms with Crippen LogP contribution in [0.2, 0.25) is 0 Å². The van der Waals surface area contributed by atoms with Crippen molar-refractivity contribution in [1.82, 2.24) is 0 Å². The minimum absolute atomic E-state index is 0.465. The molecule has 1 unspecified atom stereocenters. The van der Waals surface area contributed by atoms with Gasteiger partial charge in [-0.3, -0.25) is 4.99 Å². The third-order valence-corrected chi connectivity index (χ3v) is 2.46. The van der Waals surface area contributed by atoms with E-state index in [1.807, 2.05) is 30.5 Å². The molecule has 2 N–H and O–H groups in total. The van der Waals surface area contributed by atoms with Crippen molar-refractivity contribution in [3.63, 3.8) is 0 Å². The van der Waals surface area contributed by atoms with E-state index < -0.39 is 0 Å². The van der Waals surface area contributed by atoms with Gasteiger partial charge in [-0.1, -0.05) is 32.4 Å². The second kappa shape index (κ2) is 6.23. The van der Waals surface area contributed by atoms with Crippen molar-refractivity contribution in [2.24, 2.45) is 4.99 Å². The predicted octanol–water partition coefficient (Wildman–Crippen LogP) is 3.27. The first-order valence-corrected chi connectivity index (χ1v) is 5.65. The Bertz CT molecular complexity index is 301. The van der Waals surface area contributed by atoms with Crippen molar-refractivity contribution in [3.8, 4) is 0 Å². The fraction of sp³-hybridized carbons (Fsp3) is 0.462. The number of anilines is 1. The van der Waals surface area contributed by atoms with Crippen molar-refractivity contribution in [3.05, 3.63) is 29.8 Å². The summed E-state index contributed by atoms with van der Waals surface area (Å²) in [5.74, 6) is 0. The van der Waals surface area contributed by atoms with E-state index >= 15 is 0 Å². The van der Waals surface area contributed by atoms with Crippen LogP contribution in [0.4, 0.5) is 5.69 Å². The van der Waals surface area contributed by atoms with Gasteiger partial charge in [-0.25, -0.2) is 0 Å². The van der Waals surface area contributed by atoms with Crippen molar-refractivity contribution < 1.29 is 0 Å². The summed E-state index contributed by atoms with van der Waals surface area (Å²) < 4.78 is 0. The molecule has 15 heavy (non-hydrogen) atoms. The van der Waals surface area contributed by atoms with E-state index in [0.29, 0.717) is 6.04 Å². The molecule has 0 spiro atoms. The smallest absolute Gasteiger partial charge is 0.0497 e. The van der Waals surface area contributed by atoms with E-state index in [2.05, 4.69) is 18.8 Å². The third kappa shape index (κ3) is 4.15. The standard InChI is InChI=1S/C13H20N2/c1-3-5-13(4-2)15-10-11-6-8-12(14)9-7-11/h6-10,13H,3-5,14H2,1-2H3. The van der Waals surface area contributed by atoms with Crippen LogP contribution in [0.1, 0.15) is 38.7 Å². The molecule has 0 fully saturated rings. The topological polar surface area (TPSA) is 38.4 Å². The number of aliphatic imine (C=N–C) groups is 1. The summed E-state index contributed by atoms with van der Waals surface area (Å²) in [7, 11) is 0. The molecule has 82 valence electrons. The lowest BCUT2D eigenvalue weighted by molar-refractivity contribution is 0.591. The Labute approximate surface area is 92.2 Å². The molecule has 1 aromatic rings. The van der Waals surface area contributed by atoms with Crippen LogP contribution in [0, 0.1) is 0 Å². The molecule has 1 atom stereocenters. The Kier molecular flexibility index (Phi) is 4.88. The SMILES string of the molecule is CCCC(CC)N=Cc1ccc(N)cc1. The van der Waals surface area contributed by atoms with Crippen LogP contribution in [-0.4, -0.2) is 12.3 Å². The first-order chi connectivity index (χ1) is 7.26. The molecule has 0 saturated carbocycles. The number of hydrogen-bond donors (Lipinski definition) is 1. The average molecular weight is 204 g/mol. The van der Waals surface area contributed by atoms with Crippen LogP contribution in [0.3, 0.4) is 0 Å². The van der Waals surface area contributed by atoms with Gasteiger partial charge in [0, 0.05) is 17.9 Å². The van der Waals surface area contributed by atoms with Gasteiger partial charge in [0.15, 0.2) is 0 Å². The summed E-state index contributed by atoms with van der Waals surface area (Å²) in [6.45, 7) is 4.38. The molecule has 0 aromatic heterocycles. The molecule has 0 heterocycles. The third-order valence-electron chi connectivity index (χ3n) is 2.46. The number of nitrogens with two attached hydrogens (primary N) is 1. The highest BCUT2D eigenvalue weighted by molar-refractivity contribution is 5.80. The molecular formula is C13H20N2. The van der Waals surface area contributed by atoms with Gasteiger partial charge in [-0.05, 0) is 30.5 Å². The summed E-state index contributed by atoms with van der Waals surface area (Å²) >= 11 is 0. The van der Waals surface area contributed by atoms with Crippen molar-refractivity contribution >= 4 is 11.9 Å². The van der Waals surface area contributed by atoms with E-state index in [1.165, 1.54) is 12.8 Å². The summed E-state index contributed by atoms with van der Waals surface area (Å²) in [4.78, 5) is 4.57. The molecule has 0 amide bonds. The Balaban J connectivity index is 2.59. The largest absolute Gasteiger partial charge is 0.399 e. The minimum Gasteiger partial charge on any atom is -0.399 e. The second-order valence-electron chi connectivity index (χ2n) is 3.80. The maximum absolute atomic E-state index is 5.61. The predicted molar refractivity (Wildman–Crippen MR) is 67.4 cm³/mol. The number of benzene rings is 1. The van der Waals surface area contributed by atoms with Gasteiger partial charge in [-0.15, -0.1) is 0 Å². The maximum atomic E-state index is 5.61. The molecule has 0 radical (unpaired) electrons. The molecule has 1 aromatic carbocycles. The molecule has 1 rings (SSSR count). The van der Waals surface area contributed by atoms with Gasteiger partial charge in [0.2, 0.25) is 0 Å². The fourth-order valence-electron chi connectivity index (χ4n) is 1.49. The van der Waals surface area contributed by atoms with Crippen LogP contribution < -0.4 is 5.73 Å². The Morgan fingerprint density at radius 1 is 1.27 bits per heavy atom. The monoisotopic (exact) mass is 204 g/mol.